The number of benzene rings is 1. The Bertz CT molecular complexity index is 811. The molecular weight excluding hydrogens is 290 g/mol. The van der Waals surface area contributed by atoms with E-state index in [0.29, 0.717) is 30.7 Å². The van der Waals surface area contributed by atoms with Gasteiger partial charge in [-0.05, 0) is 19.1 Å². The molecule has 0 aliphatic carbocycles. The first-order chi connectivity index (χ1) is 11.0. The summed E-state index contributed by atoms with van der Waals surface area (Å²) < 4.78 is 1.86. The van der Waals surface area contributed by atoms with E-state index in [0.717, 1.165) is 5.52 Å². The second-order valence-corrected chi connectivity index (χ2v) is 5.19. The average molecular weight is 311 g/mol. The van der Waals surface area contributed by atoms with Crippen LogP contribution in [0.3, 0.4) is 0 Å². The van der Waals surface area contributed by atoms with Crippen LogP contribution in [-0.2, 0) is 6.54 Å². The van der Waals surface area contributed by atoms with Gasteiger partial charge in [-0.15, -0.1) is 13.2 Å². The van der Waals surface area contributed by atoms with Crippen molar-refractivity contribution in [2.24, 2.45) is 0 Å². The Labute approximate surface area is 135 Å². The van der Waals surface area contributed by atoms with Crippen molar-refractivity contribution in [3.63, 3.8) is 0 Å². The lowest BCUT2D eigenvalue weighted by molar-refractivity contribution is 0.0789. The molecule has 2 aromatic rings. The van der Waals surface area contributed by atoms with Gasteiger partial charge in [0.25, 0.3) is 5.91 Å². The number of pyridine rings is 1. The van der Waals surface area contributed by atoms with Crippen LogP contribution in [-0.4, -0.2) is 28.5 Å². The molecule has 120 valence electrons. The molecule has 2 rings (SSSR count). The predicted octanol–water partition coefficient (Wildman–Crippen LogP) is 2.42. The van der Waals surface area contributed by atoms with E-state index in [2.05, 4.69) is 13.2 Å². The molecule has 0 aliphatic heterocycles. The van der Waals surface area contributed by atoms with Crippen LogP contribution in [0.15, 0.2) is 54.5 Å². The fourth-order valence-electron chi connectivity index (χ4n) is 2.60. The second kappa shape index (κ2) is 6.96. The molecule has 1 amide bonds. The number of rotatable bonds is 6. The zero-order valence-electron chi connectivity index (χ0n) is 13.3. The number of nitrogen functional groups attached to an aromatic ring is 1. The molecule has 0 saturated heterocycles. The quantitative estimate of drug-likeness (QED) is 0.658. The summed E-state index contributed by atoms with van der Waals surface area (Å²) in [6.45, 7) is 10.6. The van der Waals surface area contributed by atoms with E-state index in [-0.39, 0.29) is 16.9 Å². The van der Waals surface area contributed by atoms with Gasteiger partial charge >= 0.3 is 0 Å². The first-order valence-electron chi connectivity index (χ1n) is 7.47. The monoisotopic (exact) mass is 311 g/mol. The normalized spacial score (nSPS) is 10.5. The zero-order valence-corrected chi connectivity index (χ0v) is 13.3. The van der Waals surface area contributed by atoms with E-state index in [1.54, 1.807) is 30.5 Å². The van der Waals surface area contributed by atoms with Gasteiger partial charge in [-0.2, -0.15) is 0 Å². The Morgan fingerprint density at radius 3 is 2.52 bits per heavy atom. The maximum Gasteiger partial charge on any atom is 0.259 e. The van der Waals surface area contributed by atoms with E-state index in [1.165, 1.54) is 4.90 Å². The van der Waals surface area contributed by atoms with Crippen LogP contribution in [0.2, 0.25) is 0 Å². The highest BCUT2D eigenvalue weighted by Crippen LogP contribution is 2.19. The SMILES string of the molecule is C=CCN(CC=C)C(=O)c1cn(CC)c2cccc(N)c2c1=O. The van der Waals surface area contributed by atoms with Crippen LogP contribution < -0.4 is 11.2 Å². The molecule has 0 aliphatic rings. The average Bonchev–Trinajstić information content (AvgIpc) is 2.54. The van der Waals surface area contributed by atoms with Gasteiger partial charge in [-0.3, -0.25) is 9.59 Å². The molecule has 1 heterocycles. The van der Waals surface area contributed by atoms with Gasteiger partial charge in [-0.1, -0.05) is 18.2 Å². The number of carbonyl (C=O) groups is 1. The van der Waals surface area contributed by atoms with Crippen molar-refractivity contribution >= 4 is 22.5 Å². The van der Waals surface area contributed by atoms with Crippen molar-refractivity contribution < 1.29 is 4.79 Å². The van der Waals surface area contributed by atoms with Crippen molar-refractivity contribution in [1.29, 1.82) is 0 Å². The minimum atomic E-state index is -0.345. The number of amides is 1. The first-order valence-corrected chi connectivity index (χ1v) is 7.47. The molecule has 0 fully saturated rings. The number of nitrogens with zero attached hydrogens (tertiary/aromatic N) is 2. The molecule has 0 saturated carbocycles. The molecule has 2 N–H and O–H groups in total. The van der Waals surface area contributed by atoms with Gasteiger partial charge < -0.3 is 15.2 Å². The highest BCUT2D eigenvalue weighted by atomic mass is 16.2. The van der Waals surface area contributed by atoms with Crippen LogP contribution in [0.25, 0.3) is 10.9 Å². The molecule has 0 bridgehead atoms. The number of hydrogen-bond acceptors (Lipinski definition) is 3. The van der Waals surface area contributed by atoms with E-state index >= 15 is 0 Å². The second-order valence-electron chi connectivity index (χ2n) is 5.19. The summed E-state index contributed by atoms with van der Waals surface area (Å²) in [6.07, 6.45) is 4.84. The molecule has 0 spiro atoms. The largest absolute Gasteiger partial charge is 0.398 e. The number of nitrogens with two attached hydrogens (primary N) is 1. The smallest absolute Gasteiger partial charge is 0.259 e. The molecule has 5 heteroatoms. The fraction of sp³-hybridized carbons (Fsp3) is 0.222. The van der Waals surface area contributed by atoms with Crippen LogP contribution in [0, 0.1) is 0 Å². The predicted molar refractivity (Wildman–Crippen MR) is 94.6 cm³/mol. The number of fused-ring (bicyclic) bond motifs is 1. The molecule has 0 unspecified atom stereocenters. The topological polar surface area (TPSA) is 68.3 Å². The van der Waals surface area contributed by atoms with Crippen molar-refractivity contribution in [3.05, 3.63) is 65.5 Å². The number of anilines is 1. The molecular formula is C18H21N3O2. The van der Waals surface area contributed by atoms with E-state index in [4.69, 9.17) is 5.73 Å². The van der Waals surface area contributed by atoms with Crippen LogP contribution in [0.1, 0.15) is 17.3 Å². The summed E-state index contributed by atoms with van der Waals surface area (Å²) in [4.78, 5) is 27.0. The van der Waals surface area contributed by atoms with Gasteiger partial charge in [0.15, 0.2) is 0 Å². The summed E-state index contributed by atoms with van der Waals surface area (Å²) in [5.41, 5.74) is 6.85. The Hall–Kier alpha value is -2.82. The van der Waals surface area contributed by atoms with Crippen molar-refractivity contribution in [1.82, 2.24) is 9.47 Å². The lowest BCUT2D eigenvalue weighted by atomic mass is 10.1. The van der Waals surface area contributed by atoms with Gasteiger partial charge in [0.1, 0.15) is 5.56 Å². The van der Waals surface area contributed by atoms with Crippen molar-refractivity contribution in [3.8, 4) is 0 Å². The van der Waals surface area contributed by atoms with Gasteiger partial charge in [0.05, 0.1) is 10.9 Å². The fourth-order valence-corrected chi connectivity index (χ4v) is 2.60. The van der Waals surface area contributed by atoms with Gasteiger partial charge in [-0.25, -0.2) is 0 Å². The van der Waals surface area contributed by atoms with Crippen LogP contribution in [0.5, 0.6) is 0 Å². The number of carbonyl (C=O) groups excluding carboxylic acids is 1. The molecule has 0 radical (unpaired) electrons. The molecule has 1 aromatic carbocycles. The van der Waals surface area contributed by atoms with Crippen LogP contribution in [0.4, 0.5) is 5.69 Å². The first kappa shape index (κ1) is 16.5. The van der Waals surface area contributed by atoms with Gasteiger partial charge in [0, 0.05) is 31.5 Å². The molecule has 5 nitrogen and oxygen atoms in total. The standard InChI is InChI=1S/C18H21N3O2/c1-4-10-21(11-5-2)18(23)13-12-20(6-3)15-9-7-8-14(19)16(15)17(13)22/h4-5,7-9,12H,1-2,6,10-11,19H2,3H3. The number of hydrogen-bond donors (Lipinski definition) is 1. The molecule has 23 heavy (non-hydrogen) atoms. The molecule has 1 aromatic heterocycles. The van der Waals surface area contributed by atoms with Crippen molar-refractivity contribution in [2.75, 3.05) is 18.8 Å². The van der Waals surface area contributed by atoms with E-state index < -0.39 is 0 Å². The highest BCUT2D eigenvalue weighted by molar-refractivity contribution is 6.00. The maximum atomic E-state index is 12.8. The number of aryl methyl sites for hydroxylation is 1. The summed E-state index contributed by atoms with van der Waals surface area (Å²) in [7, 11) is 0. The Balaban J connectivity index is 2.70. The third-order valence-electron chi connectivity index (χ3n) is 3.70. The lowest BCUT2D eigenvalue weighted by Gasteiger charge is -2.20. The highest BCUT2D eigenvalue weighted by Gasteiger charge is 2.20. The third-order valence-corrected chi connectivity index (χ3v) is 3.70. The Morgan fingerprint density at radius 1 is 1.30 bits per heavy atom. The lowest BCUT2D eigenvalue weighted by Crippen LogP contribution is -2.35. The van der Waals surface area contributed by atoms with Crippen LogP contribution >= 0.6 is 0 Å². The van der Waals surface area contributed by atoms with Gasteiger partial charge in [0.2, 0.25) is 5.43 Å². The summed E-state index contributed by atoms with van der Waals surface area (Å²) in [5, 5.41) is 0.386. The van der Waals surface area contributed by atoms with E-state index in [9.17, 15) is 9.59 Å². The summed E-state index contributed by atoms with van der Waals surface area (Å²) in [5.74, 6) is -0.345. The van der Waals surface area contributed by atoms with E-state index in [1.807, 2.05) is 17.6 Å². The third kappa shape index (κ3) is 3.04. The van der Waals surface area contributed by atoms with Crippen molar-refractivity contribution in [2.45, 2.75) is 13.5 Å². The zero-order chi connectivity index (χ0) is 17.0. The minimum Gasteiger partial charge on any atom is -0.398 e. The maximum absolute atomic E-state index is 12.8. The number of aromatic nitrogens is 1. The summed E-state index contributed by atoms with van der Waals surface area (Å²) >= 11 is 0. The Kier molecular flexibility index (Phi) is 5.01. The summed E-state index contributed by atoms with van der Waals surface area (Å²) in [6, 6.07) is 5.30. The molecule has 0 atom stereocenters. The minimum absolute atomic E-state index is 0.112. The Morgan fingerprint density at radius 2 is 1.96 bits per heavy atom.